The number of carbonyl (C=O) groups excluding carboxylic acids is 1. The highest BCUT2D eigenvalue weighted by molar-refractivity contribution is 5.70. The van der Waals surface area contributed by atoms with Crippen LogP contribution in [0.2, 0.25) is 0 Å². The summed E-state index contributed by atoms with van der Waals surface area (Å²) < 4.78 is 6.42. The quantitative estimate of drug-likeness (QED) is 0.711. The lowest BCUT2D eigenvalue weighted by Gasteiger charge is -2.06. The molecular formula is C9H14N2O3. The number of rotatable bonds is 4. The summed E-state index contributed by atoms with van der Waals surface area (Å²) in [5, 5.41) is 9.55. The summed E-state index contributed by atoms with van der Waals surface area (Å²) in [5.41, 5.74) is 0.487. The first kappa shape index (κ1) is 10.7. The molecule has 1 atom stereocenters. The maximum absolute atomic E-state index is 11.0. The van der Waals surface area contributed by atoms with Crippen LogP contribution in [0.5, 0.6) is 0 Å². The molecule has 5 nitrogen and oxygen atoms in total. The predicted molar refractivity (Wildman–Crippen MR) is 49.4 cm³/mol. The van der Waals surface area contributed by atoms with Gasteiger partial charge in [-0.25, -0.2) is 4.98 Å². The third-order valence-corrected chi connectivity index (χ3v) is 1.73. The molecule has 0 aliphatic rings. The molecule has 0 aromatic carbocycles. The van der Waals surface area contributed by atoms with Crippen molar-refractivity contribution in [3.05, 3.63) is 18.2 Å². The van der Waals surface area contributed by atoms with Crippen LogP contribution in [-0.4, -0.2) is 27.2 Å². The first-order chi connectivity index (χ1) is 6.63. The van der Waals surface area contributed by atoms with E-state index in [0.29, 0.717) is 12.3 Å². The number of hydrogen-bond acceptors (Lipinski definition) is 4. The van der Waals surface area contributed by atoms with Crippen molar-refractivity contribution in [3.63, 3.8) is 0 Å². The molecule has 1 aromatic rings. The Kier molecular flexibility index (Phi) is 3.64. The van der Waals surface area contributed by atoms with Crippen molar-refractivity contribution in [3.8, 4) is 0 Å². The molecule has 0 spiro atoms. The highest BCUT2D eigenvalue weighted by atomic mass is 16.5. The molecule has 1 unspecified atom stereocenters. The lowest BCUT2D eigenvalue weighted by atomic mass is 10.2. The minimum Gasteiger partial charge on any atom is -0.466 e. The van der Waals surface area contributed by atoms with Crippen molar-refractivity contribution < 1.29 is 14.6 Å². The fraction of sp³-hybridized carbons (Fsp3) is 0.556. The minimum atomic E-state index is -0.879. The second-order valence-corrected chi connectivity index (χ2v) is 2.99. The topological polar surface area (TPSA) is 64.3 Å². The average molecular weight is 198 g/mol. The zero-order valence-corrected chi connectivity index (χ0v) is 8.30. The van der Waals surface area contributed by atoms with Crippen molar-refractivity contribution in [1.82, 2.24) is 9.55 Å². The molecule has 78 valence electrons. The van der Waals surface area contributed by atoms with Crippen LogP contribution in [0.3, 0.4) is 0 Å². The average Bonchev–Trinajstić information content (AvgIpc) is 2.52. The van der Waals surface area contributed by atoms with Gasteiger partial charge < -0.3 is 14.4 Å². The van der Waals surface area contributed by atoms with Crippen molar-refractivity contribution >= 4 is 5.97 Å². The second kappa shape index (κ2) is 4.76. The molecular weight excluding hydrogens is 184 g/mol. The maximum Gasteiger partial charge on any atom is 0.308 e. The smallest absolute Gasteiger partial charge is 0.308 e. The molecule has 1 N–H and O–H groups in total. The fourth-order valence-corrected chi connectivity index (χ4v) is 1.09. The Labute approximate surface area is 82.3 Å². The van der Waals surface area contributed by atoms with Crippen LogP contribution < -0.4 is 0 Å². The molecule has 0 bridgehead atoms. The van der Waals surface area contributed by atoms with Crippen LogP contribution in [0, 0.1) is 0 Å². The molecule has 0 saturated heterocycles. The first-order valence-corrected chi connectivity index (χ1v) is 4.45. The van der Waals surface area contributed by atoms with Gasteiger partial charge in [-0.2, -0.15) is 0 Å². The molecule has 14 heavy (non-hydrogen) atoms. The second-order valence-electron chi connectivity index (χ2n) is 2.99. The third-order valence-electron chi connectivity index (χ3n) is 1.73. The van der Waals surface area contributed by atoms with Crippen molar-refractivity contribution in [1.29, 1.82) is 0 Å². The van der Waals surface area contributed by atoms with Crippen molar-refractivity contribution in [2.45, 2.75) is 19.4 Å². The predicted octanol–water partition coefficient (Wildman–Crippen LogP) is 0.407. The van der Waals surface area contributed by atoms with E-state index in [4.69, 9.17) is 4.74 Å². The number of ether oxygens (including phenoxy) is 1. The Hall–Kier alpha value is -1.36. The highest BCUT2D eigenvalue weighted by Crippen LogP contribution is 2.14. The summed E-state index contributed by atoms with van der Waals surface area (Å²) in [7, 11) is 1.80. The van der Waals surface area contributed by atoms with Crippen LogP contribution in [0.15, 0.2) is 12.5 Å². The lowest BCUT2D eigenvalue weighted by Crippen LogP contribution is -2.10. The summed E-state index contributed by atoms with van der Waals surface area (Å²) in [6, 6.07) is 0. The number of nitrogens with zero attached hydrogens (tertiary/aromatic N) is 2. The van der Waals surface area contributed by atoms with Crippen LogP contribution in [0.1, 0.15) is 25.1 Å². The monoisotopic (exact) mass is 198 g/mol. The van der Waals surface area contributed by atoms with E-state index < -0.39 is 12.1 Å². The number of aryl methyl sites for hydroxylation is 1. The van der Waals surface area contributed by atoms with Crippen LogP contribution in [0.25, 0.3) is 0 Å². The number of aliphatic hydroxyl groups excluding tert-OH is 1. The summed E-state index contributed by atoms with van der Waals surface area (Å²) in [6.45, 7) is 2.05. The van der Waals surface area contributed by atoms with E-state index in [1.807, 2.05) is 0 Å². The van der Waals surface area contributed by atoms with E-state index >= 15 is 0 Å². The van der Waals surface area contributed by atoms with Crippen molar-refractivity contribution in [2.24, 2.45) is 7.05 Å². The first-order valence-electron chi connectivity index (χ1n) is 4.45. The minimum absolute atomic E-state index is 0.0507. The van der Waals surface area contributed by atoms with Gasteiger partial charge in [0.15, 0.2) is 0 Å². The highest BCUT2D eigenvalue weighted by Gasteiger charge is 2.15. The molecule has 0 aliphatic heterocycles. The molecule has 1 aromatic heterocycles. The van der Waals surface area contributed by atoms with E-state index in [1.165, 1.54) is 0 Å². The lowest BCUT2D eigenvalue weighted by molar-refractivity contribution is -0.145. The Morgan fingerprint density at radius 1 is 1.79 bits per heavy atom. The van der Waals surface area contributed by atoms with Gasteiger partial charge in [-0.1, -0.05) is 0 Å². The number of hydrogen-bond donors (Lipinski definition) is 1. The molecule has 5 heteroatoms. The zero-order chi connectivity index (χ0) is 10.6. The summed E-state index contributed by atoms with van der Waals surface area (Å²) in [6.07, 6.45) is 2.31. The number of esters is 1. The van der Waals surface area contributed by atoms with Gasteiger partial charge in [0.2, 0.25) is 0 Å². The molecule has 0 fully saturated rings. The maximum atomic E-state index is 11.0. The molecule has 0 amide bonds. The number of imidazole rings is 1. The van der Waals surface area contributed by atoms with Gasteiger partial charge in [-0.3, -0.25) is 4.79 Å². The Balaban J connectivity index is 2.50. The van der Waals surface area contributed by atoms with E-state index in [0.717, 1.165) is 0 Å². The largest absolute Gasteiger partial charge is 0.466 e. The zero-order valence-electron chi connectivity index (χ0n) is 8.30. The summed E-state index contributed by atoms with van der Waals surface area (Å²) >= 11 is 0. The Bertz CT molecular complexity index is 309. The molecule has 0 radical (unpaired) electrons. The van der Waals surface area contributed by atoms with E-state index in [9.17, 15) is 9.90 Å². The third kappa shape index (κ3) is 2.85. The van der Waals surface area contributed by atoms with Crippen LogP contribution in [0.4, 0.5) is 0 Å². The fourth-order valence-electron chi connectivity index (χ4n) is 1.09. The van der Waals surface area contributed by atoms with Crippen LogP contribution >= 0.6 is 0 Å². The standard InChI is InChI=1S/C9H14N2O3/c1-3-14-9(13)4-8(12)7-5-11(2)6-10-7/h5-6,8,12H,3-4H2,1-2H3. The van der Waals surface area contributed by atoms with E-state index in [-0.39, 0.29) is 6.42 Å². The summed E-state index contributed by atoms with van der Waals surface area (Å²) in [5.74, 6) is -0.411. The van der Waals surface area contributed by atoms with E-state index in [1.54, 1.807) is 31.1 Å². The van der Waals surface area contributed by atoms with Gasteiger partial charge in [0.25, 0.3) is 0 Å². The van der Waals surface area contributed by atoms with Crippen LogP contribution in [-0.2, 0) is 16.6 Å². The Morgan fingerprint density at radius 2 is 2.50 bits per heavy atom. The molecule has 1 heterocycles. The van der Waals surface area contributed by atoms with Crippen molar-refractivity contribution in [2.75, 3.05) is 6.61 Å². The SMILES string of the molecule is CCOC(=O)CC(O)c1cn(C)cn1. The van der Waals surface area contributed by atoms with Gasteiger partial charge in [0.05, 0.1) is 25.0 Å². The number of aromatic nitrogens is 2. The van der Waals surface area contributed by atoms with E-state index in [2.05, 4.69) is 4.98 Å². The molecule has 1 rings (SSSR count). The van der Waals surface area contributed by atoms with Gasteiger partial charge in [-0.15, -0.1) is 0 Å². The molecule has 0 saturated carbocycles. The van der Waals surface area contributed by atoms with Gasteiger partial charge in [0.1, 0.15) is 6.10 Å². The normalized spacial score (nSPS) is 12.5. The summed E-state index contributed by atoms with van der Waals surface area (Å²) in [4.78, 5) is 15.0. The van der Waals surface area contributed by atoms with Gasteiger partial charge >= 0.3 is 5.97 Å². The Morgan fingerprint density at radius 3 is 3.00 bits per heavy atom. The van der Waals surface area contributed by atoms with Gasteiger partial charge in [-0.05, 0) is 6.92 Å². The molecule has 0 aliphatic carbocycles. The number of aliphatic hydroxyl groups is 1. The van der Waals surface area contributed by atoms with Gasteiger partial charge in [0, 0.05) is 13.2 Å². The number of carbonyl (C=O) groups is 1.